The number of pyridine rings is 1. The third-order valence-electron chi connectivity index (χ3n) is 5.08. The van der Waals surface area contributed by atoms with Crippen LogP contribution in [-0.4, -0.2) is 47.3 Å². The lowest BCUT2D eigenvalue weighted by atomic mass is 10.0. The van der Waals surface area contributed by atoms with Gasteiger partial charge in [0.25, 0.3) is 0 Å². The standard InChI is InChI=1S/C25H21FN2O3/c26-24-13-19(7-8-23(24)21-14-22(25(29)30)16-27-15-21)4-1-18-2-5-20(6-3-18)17-28-9-11-31-12-10-28/h2-3,5-8,13-16H,9-12,17H2,(H,29,30). The summed E-state index contributed by atoms with van der Waals surface area (Å²) in [6.45, 7) is 4.34. The molecule has 0 atom stereocenters. The first-order valence-corrected chi connectivity index (χ1v) is 9.98. The highest BCUT2D eigenvalue weighted by molar-refractivity contribution is 5.88. The van der Waals surface area contributed by atoms with Crippen LogP contribution in [0.4, 0.5) is 4.39 Å². The summed E-state index contributed by atoms with van der Waals surface area (Å²) < 4.78 is 20.0. The average Bonchev–Trinajstić information content (AvgIpc) is 2.79. The summed E-state index contributed by atoms with van der Waals surface area (Å²) in [5.41, 5.74) is 3.33. The van der Waals surface area contributed by atoms with Crippen molar-refractivity contribution in [1.29, 1.82) is 0 Å². The van der Waals surface area contributed by atoms with Gasteiger partial charge in [-0.05, 0) is 35.9 Å². The number of carboxylic acids is 1. The Morgan fingerprint density at radius 3 is 2.45 bits per heavy atom. The third-order valence-corrected chi connectivity index (χ3v) is 5.08. The molecule has 156 valence electrons. The Kier molecular flexibility index (Phi) is 6.37. The zero-order valence-electron chi connectivity index (χ0n) is 16.8. The van der Waals surface area contributed by atoms with Crippen LogP contribution in [0, 0.1) is 17.7 Å². The molecular weight excluding hydrogens is 395 g/mol. The van der Waals surface area contributed by atoms with Gasteiger partial charge in [0, 0.05) is 54.3 Å². The highest BCUT2D eigenvalue weighted by Gasteiger charge is 2.11. The molecular formula is C25H21FN2O3. The van der Waals surface area contributed by atoms with Gasteiger partial charge in [-0.2, -0.15) is 0 Å². The summed E-state index contributed by atoms with van der Waals surface area (Å²) in [7, 11) is 0. The molecule has 2 aromatic carbocycles. The SMILES string of the molecule is O=C(O)c1cncc(-c2ccc(C#Cc3ccc(CN4CCOCC4)cc3)cc2F)c1. The molecule has 1 fully saturated rings. The number of carboxylic acid groups (broad SMARTS) is 1. The van der Waals surface area contributed by atoms with E-state index in [4.69, 9.17) is 9.84 Å². The normalized spacial score (nSPS) is 14.0. The number of aromatic carboxylic acids is 1. The third kappa shape index (κ3) is 5.34. The van der Waals surface area contributed by atoms with Crippen molar-refractivity contribution < 1.29 is 19.0 Å². The molecule has 0 amide bonds. The largest absolute Gasteiger partial charge is 0.478 e. The Balaban J connectivity index is 1.46. The molecule has 0 bridgehead atoms. The summed E-state index contributed by atoms with van der Waals surface area (Å²) in [5.74, 6) is 4.47. The lowest BCUT2D eigenvalue weighted by Crippen LogP contribution is -2.35. The Hall–Kier alpha value is -3.53. The summed E-state index contributed by atoms with van der Waals surface area (Å²) in [6.07, 6.45) is 2.67. The van der Waals surface area contributed by atoms with Crippen molar-refractivity contribution in [3.63, 3.8) is 0 Å². The second-order valence-corrected chi connectivity index (χ2v) is 7.30. The number of nitrogens with zero attached hydrogens (tertiary/aromatic N) is 2. The first-order valence-electron chi connectivity index (χ1n) is 9.98. The van der Waals surface area contributed by atoms with Gasteiger partial charge >= 0.3 is 5.97 Å². The topological polar surface area (TPSA) is 62.7 Å². The molecule has 6 heteroatoms. The predicted molar refractivity (Wildman–Crippen MR) is 115 cm³/mol. The Labute approximate surface area is 180 Å². The van der Waals surface area contributed by atoms with Crippen LogP contribution in [0.5, 0.6) is 0 Å². The van der Waals surface area contributed by atoms with Crippen molar-refractivity contribution in [3.8, 4) is 23.0 Å². The van der Waals surface area contributed by atoms with Crippen molar-refractivity contribution in [3.05, 3.63) is 89.0 Å². The van der Waals surface area contributed by atoms with E-state index in [-0.39, 0.29) is 11.1 Å². The molecule has 0 saturated carbocycles. The minimum atomic E-state index is -1.10. The highest BCUT2D eigenvalue weighted by atomic mass is 19.1. The van der Waals surface area contributed by atoms with E-state index in [0.29, 0.717) is 11.1 Å². The molecule has 1 aromatic heterocycles. The summed E-state index contributed by atoms with van der Waals surface area (Å²) in [6, 6.07) is 14.1. The van der Waals surface area contributed by atoms with E-state index in [2.05, 4.69) is 33.9 Å². The van der Waals surface area contributed by atoms with Crippen molar-refractivity contribution in [2.45, 2.75) is 6.54 Å². The molecule has 0 radical (unpaired) electrons. The Bertz CT molecular complexity index is 1140. The summed E-state index contributed by atoms with van der Waals surface area (Å²) in [5, 5.41) is 9.09. The minimum absolute atomic E-state index is 0.0119. The van der Waals surface area contributed by atoms with Gasteiger partial charge in [0.2, 0.25) is 0 Å². The first-order chi connectivity index (χ1) is 15.1. The lowest BCUT2D eigenvalue weighted by Gasteiger charge is -2.26. The molecule has 4 rings (SSSR count). The van der Waals surface area contributed by atoms with Crippen molar-refractivity contribution in [2.75, 3.05) is 26.3 Å². The highest BCUT2D eigenvalue weighted by Crippen LogP contribution is 2.23. The van der Waals surface area contributed by atoms with Gasteiger partial charge in [0.1, 0.15) is 5.82 Å². The molecule has 1 N–H and O–H groups in total. The van der Waals surface area contributed by atoms with E-state index in [1.54, 1.807) is 12.1 Å². The molecule has 31 heavy (non-hydrogen) atoms. The molecule has 1 aliphatic rings. The van der Waals surface area contributed by atoms with Crippen LogP contribution in [-0.2, 0) is 11.3 Å². The monoisotopic (exact) mass is 416 g/mol. The second kappa shape index (κ2) is 9.52. The molecule has 0 aliphatic carbocycles. The van der Waals surface area contributed by atoms with Gasteiger partial charge in [0.05, 0.1) is 18.8 Å². The molecule has 2 heterocycles. The maximum absolute atomic E-state index is 14.6. The van der Waals surface area contributed by atoms with Crippen LogP contribution in [0.15, 0.2) is 60.9 Å². The predicted octanol–water partition coefficient (Wildman–Crippen LogP) is 3.82. The molecule has 1 saturated heterocycles. The van der Waals surface area contributed by atoms with Crippen LogP contribution in [0.3, 0.4) is 0 Å². The van der Waals surface area contributed by atoms with Crippen LogP contribution < -0.4 is 0 Å². The quantitative estimate of drug-likeness (QED) is 0.656. The lowest BCUT2D eigenvalue weighted by molar-refractivity contribution is 0.0342. The zero-order valence-corrected chi connectivity index (χ0v) is 16.8. The number of aromatic nitrogens is 1. The van der Waals surface area contributed by atoms with Crippen molar-refractivity contribution >= 4 is 5.97 Å². The first kappa shape index (κ1) is 20.7. The van der Waals surface area contributed by atoms with Gasteiger partial charge in [0.15, 0.2) is 0 Å². The maximum Gasteiger partial charge on any atom is 0.337 e. The van der Waals surface area contributed by atoms with E-state index in [9.17, 15) is 9.18 Å². The van der Waals surface area contributed by atoms with Gasteiger partial charge in [-0.3, -0.25) is 9.88 Å². The number of rotatable bonds is 4. The van der Waals surface area contributed by atoms with E-state index < -0.39 is 11.8 Å². The number of halogens is 1. The van der Waals surface area contributed by atoms with E-state index in [1.165, 1.54) is 30.1 Å². The van der Waals surface area contributed by atoms with Gasteiger partial charge in [-0.25, -0.2) is 9.18 Å². The van der Waals surface area contributed by atoms with Gasteiger partial charge < -0.3 is 9.84 Å². The number of hydrogen-bond donors (Lipinski definition) is 1. The van der Waals surface area contributed by atoms with Crippen LogP contribution in [0.1, 0.15) is 27.0 Å². The number of hydrogen-bond acceptors (Lipinski definition) is 4. The summed E-state index contributed by atoms with van der Waals surface area (Å²) >= 11 is 0. The molecule has 3 aromatic rings. The average molecular weight is 416 g/mol. The molecule has 0 unspecified atom stereocenters. The van der Waals surface area contributed by atoms with Gasteiger partial charge in [-0.15, -0.1) is 0 Å². The van der Waals surface area contributed by atoms with Crippen LogP contribution in [0.2, 0.25) is 0 Å². The smallest absolute Gasteiger partial charge is 0.337 e. The minimum Gasteiger partial charge on any atom is -0.478 e. The number of carbonyl (C=O) groups is 1. The molecule has 5 nitrogen and oxygen atoms in total. The van der Waals surface area contributed by atoms with Crippen LogP contribution >= 0.6 is 0 Å². The second-order valence-electron chi connectivity index (χ2n) is 7.30. The van der Waals surface area contributed by atoms with Crippen molar-refractivity contribution in [1.82, 2.24) is 9.88 Å². The van der Waals surface area contributed by atoms with Gasteiger partial charge in [-0.1, -0.05) is 30.0 Å². The molecule has 0 spiro atoms. The number of ether oxygens (including phenoxy) is 1. The maximum atomic E-state index is 14.6. The van der Waals surface area contributed by atoms with E-state index >= 15 is 0 Å². The Morgan fingerprint density at radius 2 is 1.74 bits per heavy atom. The zero-order chi connectivity index (χ0) is 21.6. The fourth-order valence-electron chi connectivity index (χ4n) is 3.39. The fraction of sp³-hybridized carbons (Fsp3) is 0.200. The van der Waals surface area contributed by atoms with E-state index in [0.717, 1.165) is 38.4 Å². The van der Waals surface area contributed by atoms with Crippen molar-refractivity contribution in [2.24, 2.45) is 0 Å². The van der Waals surface area contributed by atoms with E-state index in [1.807, 2.05) is 12.1 Å². The van der Waals surface area contributed by atoms with Crippen LogP contribution in [0.25, 0.3) is 11.1 Å². The Morgan fingerprint density at radius 1 is 1.03 bits per heavy atom. The molecule has 1 aliphatic heterocycles. The summed E-state index contributed by atoms with van der Waals surface area (Å²) in [4.78, 5) is 17.3. The number of benzene rings is 2. The number of morpholine rings is 1. The fourth-order valence-corrected chi connectivity index (χ4v) is 3.39.